The number of aliphatic hydroxyl groups is 1. The second-order valence-corrected chi connectivity index (χ2v) is 5.40. The molecular weight excluding hydrogens is 226 g/mol. The molecule has 0 saturated heterocycles. The fourth-order valence-electron chi connectivity index (χ4n) is 2.62. The van der Waals surface area contributed by atoms with Crippen molar-refractivity contribution in [2.24, 2.45) is 5.92 Å². The maximum Gasteiger partial charge on any atom is 0.125 e. The molecule has 4 heteroatoms. The molecule has 1 saturated carbocycles. The Morgan fingerprint density at radius 2 is 2.22 bits per heavy atom. The van der Waals surface area contributed by atoms with Gasteiger partial charge >= 0.3 is 0 Å². The Hall–Kier alpha value is -1.29. The first kappa shape index (κ1) is 13.1. The van der Waals surface area contributed by atoms with Crippen LogP contribution in [0.25, 0.3) is 0 Å². The second kappa shape index (κ2) is 5.57. The molecule has 1 aliphatic carbocycles. The smallest absolute Gasteiger partial charge is 0.125 e. The highest BCUT2D eigenvalue weighted by Gasteiger charge is 2.32. The molecule has 100 valence electrons. The van der Waals surface area contributed by atoms with Gasteiger partial charge in [-0.05, 0) is 37.7 Å². The number of nitrogens with zero attached hydrogens (tertiary/aromatic N) is 1. The summed E-state index contributed by atoms with van der Waals surface area (Å²) in [6.07, 6.45) is 6.94. The summed E-state index contributed by atoms with van der Waals surface area (Å²) in [5.74, 6) is 1.29. The Morgan fingerprint density at radius 3 is 2.83 bits per heavy atom. The number of rotatable bonds is 4. The molecule has 4 N–H and O–H groups in total. The Balaban J connectivity index is 1.86. The summed E-state index contributed by atoms with van der Waals surface area (Å²) in [5.41, 5.74) is 5.98. The standard InChI is InChI=1S/C14H23N3O/c1-2-11-3-6-14(18,7-4-11)10-17-12-5-8-16-13(15)9-12/h5,8-9,11,18H,2-4,6-7,10H2,1H3,(H3,15,16,17). The fraction of sp³-hybridized carbons (Fsp3) is 0.643. The van der Waals surface area contributed by atoms with Crippen molar-refractivity contribution >= 4 is 11.5 Å². The zero-order valence-electron chi connectivity index (χ0n) is 11.0. The lowest BCUT2D eigenvalue weighted by Crippen LogP contribution is -2.40. The van der Waals surface area contributed by atoms with Gasteiger partial charge in [-0.15, -0.1) is 0 Å². The predicted molar refractivity (Wildman–Crippen MR) is 74.3 cm³/mol. The summed E-state index contributed by atoms with van der Waals surface area (Å²) in [4.78, 5) is 3.95. The first-order valence-corrected chi connectivity index (χ1v) is 6.79. The van der Waals surface area contributed by atoms with Crippen molar-refractivity contribution in [1.29, 1.82) is 0 Å². The van der Waals surface area contributed by atoms with Crippen LogP contribution < -0.4 is 11.1 Å². The number of anilines is 2. The van der Waals surface area contributed by atoms with E-state index in [0.29, 0.717) is 12.4 Å². The molecular formula is C14H23N3O. The monoisotopic (exact) mass is 249 g/mol. The Morgan fingerprint density at radius 1 is 1.50 bits per heavy atom. The number of nitrogen functional groups attached to an aromatic ring is 1. The maximum absolute atomic E-state index is 10.5. The average molecular weight is 249 g/mol. The van der Waals surface area contributed by atoms with E-state index in [1.807, 2.05) is 6.07 Å². The lowest BCUT2D eigenvalue weighted by molar-refractivity contribution is 0.00229. The SMILES string of the molecule is CCC1CCC(O)(CNc2ccnc(N)c2)CC1. The highest BCUT2D eigenvalue weighted by Crippen LogP contribution is 2.33. The molecule has 18 heavy (non-hydrogen) atoms. The summed E-state index contributed by atoms with van der Waals surface area (Å²) in [5, 5.41) is 13.8. The van der Waals surface area contributed by atoms with Crippen LogP contribution in [0.3, 0.4) is 0 Å². The van der Waals surface area contributed by atoms with E-state index in [-0.39, 0.29) is 0 Å². The van der Waals surface area contributed by atoms with Gasteiger partial charge in [-0.2, -0.15) is 0 Å². The van der Waals surface area contributed by atoms with Gasteiger partial charge in [-0.3, -0.25) is 0 Å². The molecule has 0 atom stereocenters. The minimum atomic E-state index is -0.566. The van der Waals surface area contributed by atoms with Gasteiger partial charge in [-0.25, -0.2) is 4.98 Å². The van der Waals surface area contributed by atoms with Crippen LogP contribution in [0.4, 0.5) is 11.5 Å². The van der Waals surface area contributed by atoms with E-state index in [9.17, 15) is 5.11 Å². The van der Waals surface area contributed by atoms with Crippen LogP contribution in [0.15, 0.2) is 18.3 Å². The largest absolute Gasteiger partial charge is 0.388 e. The second-order valence-electron chi connectivity index (χ2n) is 5.40. The van der Waals surface area contributed by atoms with E-state index < -0.39 is 5.60 Å². The quantitative estimate of drug-likeness (QED) is 0.766. The molecule has 0 aromatic carbocycles. The van der Waals surface area contributed by atoms with Gasteiger partial charge in [0.2, 0.25) is 0 Å². The number of pyridine rings is 1. The van der Waals surface area contributed by atoms with E-state index in [4.69, 9.17) is 5.73 Å². The van der Waals surface area contributed by atoms with E-state index in [1.165, 1.54) is 6.42 Å². The Kier molecular flexibility index (Phi) is 4.07. The maximum atomic E-state index is 10.5. The van der Waals surface area contributed by atoms with Gasteiger partial charge in [0.1, 0.15) is 5.82 Å². The molecule has 0 unspecified atom stereocenters. The molecule has 0 aliphatic heterocycles. The van der Waals surface area contributed by atoms with Crippen LogP contribution in [0.2, 0.25) is 0 Å². The first-order chi connectivity index (χ1) is 8.61. The molecule has 1 aliphatic rings. The van der Waals surface area contributed by atoms with Crippen LogP contribution >= 0.6 is 0 Å². The van der Waals surface area contributed by atoms with Crippen molar-refractivity contribution in [3.05, 3.63) is 18.3 Å². The average Bonchev–Trinajstić information content (AvgIpc) is 2.38. The molecule has 1 fully saturated rings. The van der Waals surface area contributed by atoms with Crippen molar-refractivity contribution in [2.75, 3.05) is 17.6 Å². The molecule has 0 bridgehead atoms. The summed E-state index contributed by atoms with van der Waals surface area (Å²) in [6, 6.07) is 3.67. The van der Waals surface area contributed by atoms with E-state index >= 15 is 0 Å². The van der Waals surface area contributed by atoms with Gasteiger partial charge in [0.15, 0.2) is 0 Å². The summed E-state index contributed by atoms with van der Waals surface area (Å²) >= 11 is 0. The van der Waals surface area contributed by atoms with Crippen LogP contribution in [-0.4, -0.2) is 22.2 Å². The molecule has 1 aromatic heterocycles. The third-order valence-corrected chi connectivity index (χ3v) is 4.02. The number of nitrogens with two attached hydrogens (primary N) is 1. The van der Waals surface area contributed by atoms with Crippen LogP contribution in [0, 0.1) is 5.92 Å². The summed E-state index contributed by atoms with van der Waals surface area (Å²) in [7, 11) is 0. The number of hydrogen-bond acceptors (Lipinski definition) is 4. The molecule has 2 rings (SSSR count). The van der Waals surface area contributed by atoms with Crippen molar-refractivity contribution in [1.82, 2.24) is 4.98 Å². The van der Waals surface area contributed by atoms with Gasteiger partial charge in [-0.1, -0.05) is 13.3 Å². The van der Waals surface area contributed by atoms with E-state index in [2.05, 4.69) is 17.2 Å². The van der Waals surface area contributed by atoms with Crippen LogP contribution in [0.1, 0.15) is 39.0 Å². The zero-order chi connectivity index (χ0) is 13.0. The van der Waals surface area contributed by atoms with Crippen LogP contribution in [0.5, 0.6) is 0 Å². The molecule has 0 spiro atoms. The molecule has 0 radical (unpaired) electrons. The van der Waals surface area contributed by atoms with E-state index in [0.717, 1.165) is 37.3 Å². The Labute approximate surface area is 109 Å². The third-order valence-electron chi connectivity index (χ3n) is 4.02. The zero-order valence-corrected chi connectivity index (χ0v) is 11.0. The first-order valence-electron chi connectivity index (χ1n) is 6.79. The van der Waals surface area contributed by atoms with Crippen molar-refractivity contribution in [3.63, 3.8) is 0 Å². The van der Waals surface area contributed by atoms with Gasteiger partial charge in [0.05, 0.1) is 5.60 Å². The highest BCUT2D eigenvalue weighted by molar-refractivity contribution is 5.49. The fourth-order valence-corrected chi connectivity index (χ4v) is 2.62. The minimum Gasteiger partial charge on any atom is -0.388 e. The lowest BCUT2D eigenvalue weighted by atomic mass is 9.78. The number of nitrogens with one attached hydrogen (secondary N) is 1. The van der Waals surface area contributed by atoms with Gasteiger partial charge < -0.3 is 16.2 Å². The Bertz CT molecular complexity index is 386. The van der Waals surface area contributed by atoms with Gasteiger partial charge in [0, 0.05) is 24.5 Å². The summed E-state index contributed by atoms with van der Waals surface area (Å²) in [6.45, 7) is 2.82. The van der Waals surface area contributed by atoms with Crippen molar-refractivity contribution in [2.45, 2.75) is 44.6 Å². The molecule has 0 amide bonds. The lowest BCUT2D eigenvalue weighted by Gasteiger charge is -2.36. The molecule has 1 aromatic rings. The molecule has 1 heterocycles. The van der Waals surface area contributed by atoms with E-state index in [1.54, 1.807) is 12.3 Å². The normalized spacial score (nSPS) is 28.0. The summed E-state index contributed by atoms with van der Waals surface area (Å²) < 4.78 is 0. The van der Waals surface area contributed by atoms with Crippen molar-refractivity contribution < 1.29 is 5.11 Å². The minimum absolute atomic E-state index is 0.502. The highest BCUT2D eigenvalue weighted by atomic mass is 16.3. The molecule has 4 nitrogen and oxygen atoms in total. The van der Waals surface area contributed by atoms with Gasteiger partial charge in [0.25, 0.3) is 0 Å². The predicted octanol–water partition coefficient (Wildman–Crippen LogP) is 2.41. The van der Waals surface area contributed by atoms with Crippen molar-refractivity contribution in [3.8, 4) is 0 Å². The number of aromatic nitrogens is 1. The third kappa shape index (κ3) is 3.35. The number of hydrogen-bond donors (Lipinski definition) is 3. The topological polar surface area (TPSA) is 71.2 Å². The van der Waals surface area contributed by atoms with Crippen LogP contribution in [-0.2, 0) is 0 Å².